The Kier molecular flexibility index (Phi) is 2.43. The zero-order valence-electron chi connectivity index (χ0n) is 12.0. The van der Waals surface area contributed by atoms with Crippen LogP contribution in [-0.2, 0) is 0 Å². The largest absolute Gasteiger partial charge is 0.492 e. The summed E-state index contributed by atoms with van der Waals surface area (Å²) >= 11 is 0. The molecule has 4 nitrogen and oxygen atoms in total. The van der Waals surface area contributed by atoms with Crippen LogP contribution in [0.15, 0.2) is 63.4 Å². The summed E-state index contributed by atoms with van der Waals surface area (Å²) in [5.74, 6) is 0. The Balaban J connectivity index is 2.16. The van der Waals surface area contributed by atoms with Gasteiger partial charge in [-0.2, -0.15) is 0 Å². The first-order chi connectivity index (χ1) is 11.2. The van der Waals surface area contributed by atoms with Crippen LogP contribution in [0.1, 0.15) is 0 Å². The van der Waals surface area contributed by atoms with Gasteiger partial charge in [0.15, 0.2) is 0 Å². The summed E-state index contributed by atoms with van der Waals surface area (Å²) < 4.78 is 11.8. The van der Waals surface area contributed by atoms with Crippen LogP contribution < -0.4 is 5.46 Å². The molecule has 3 aromatic carbocycles. The van der Waals surface area contributed by atoms with Crippen molar-refractivity contribution in [2.75, 3.05) is 0 Å². The van der Waals surface area contributed by atoms with Crippen molar-refractivity contribution in [2.24, 2.45) is 0 Å². The summed E-state index contributed by atoms with van der Waals surface area (Å²) in [6.07, 6.45) is 0. The van der Waals surface area contributed by atoms with Crippen LogP contribution in [0.25, 0.3) is 43.9 Å². The van der Waals surface area contributed by atoms with Gasteiger partial charge in [-0.3, -0.25) is 0 Å². The average molecular weight is 302 g/mol. The molecule has 2 aromatic heterocycles. The summed E-state index contributed by atoms with van der Waals surface area (Å²) in [6, 6.07) is 17.1. The van der Waals surface area contributed by atoms with E-state index in [1.807, 2.05) is 48.5 Å². The van der Waals surface area contributed by atoms with Crippen LogP contribution >= 0.6 is 0 Å². The van der Waals surface area contributed by atoms with E-state index < -0.39 is 7.12 Å². The molecule has 2 N–H and O–H groups in total. The van der Waals surface area contributed by atoms with Crippen molar-refractivity contribution in [1.29, 1.82) is 0 Å². The standard InChI is InChI=1S/C18H11BO4/c20-19(21)12-9-15-16(10-5-1-3-7-13(10)22-15)17-11-6-2-4-8-14(11)23-18(12)17/h1-9,20-21H. The lowest BCUT2D eigenvalue weighted by Gasteiger charge is -2.01. The van der Waals surface area contributed by atoms with Gasteiger partial charge in [-0.05, 0) is 18.2 Å². The molecule has 23 heavy (non-hydrogen) atoms. The molecule has 0 unspecified atom stereocenters. The maximum atomic E-state index is 9.74. The van der Waals surface area contributed by atoms with Gasteiger partial charge < -0.3 is 18.9 Å². The van der Waals surface area contributed by atoms with Gasteiger partial charge in [0.25, 0.3) is 0 Å². The molecule has 0 saturated carbocycles. The lowest BCUT2D eigenvalue weighted by molar-refractivity contribution is 0.425. The fourth-order valence-electron chi connectivity index (χ4n) is 3.32. The van der Waals surface area contributed by atoms with E-state index in [2.05, 4.69) is 0 Å². The second-order valence-electron chi connectivity index (χ2n) is 5.61. The Hall–Kier alpha value is -2.76. The van der Waals surface area contributed by atoms with Gasteiger partial charge in [0.2, 0.25) is 0 Å². The molecular formula is C18H11BO4. The highest BCUT2D eigenvalue weighted by atomic mass is 16.4. The van der Waals surface area contributed by atoms with Crippen LogP contribution in [0, 0.1) is 0 Å². The highest BCUT2D eigenvalue weighted by Crippen LogP contribution is 2.38. The molecule has 0 amide bonds. The van der Waals surface area contributed by atoms with E-state index in [-0.39, 0.29) is 0 Å². The zero-order chi connectivity index (χ0) is 15.6. The van der Waals surface area contributed by atoms with Crippen molar-refractivity contribution in [1.82, 2.24) is 0 Å². The van der Waals surface area contributed by atoms with E-state index in [4.69, 9.17) is 8.83 Å². The van der Waals surface area contributed by atoms with Crippen molar-refractivity contribution in [3.05, 3.63) is 54.6 Å². The SMILES string of the molecule is OB(O)c1cc2oc3ccccc3c2c2c1oc1ccccc12. The Morgan fingerprint density at radius 1 is 0.696 bits per heavy atom. The number of rotatable bonds is 1. The van der Waals surface area contributed by atoms with Crippen molar-refractivity contribution in [3.8, 4) is 0 Å². The minimum atomic E-state index is -1.63. The van der Waals surface area contributed by atoms with Crippen molar-refractivity contribution in [2.45, 2.75) is 0 Å². The summed E-state index contributed by atoms with van der Waals surface area (Å²) in [7, 11) is -1.63. The molecule has 5 aromatic rings. The number of furan rings is 2. The summed E-state index contributed by atoms with van der Waals surface area (Å²) in [5, 5.41) is 23.2. The normalized spacial score (nSPS) is 11.9. The van der Waals surface area contributed by atoms with Crippen LogP contribution in [0.2, 0.25) is 0 Å². The van der Waals surface area contributed by atoms with Gasteiger partial charge in [0.05, 0.1) is 0 Å². The maximum absolute atomic E-state index is 9.74. The third-order valence-corrected chi connectivity index (χ3v) is 4.30. The zero-order valence-corrected chi connectivity index (χ0v) is 12.0. The molecule has 0 saturated heterocycles. The van der Waals surface area contributed by atoms with E-state index in [9.17, 15) is 10.0 Å². The van der Waals surface area contributed by atoms with E-state index in [0.29, 0.717) is 22.2 Å². The molecule has 0 aliphatic rings. The highest BCUT2D eigenvalue weighted by Gasteiger charge is 2.24. The molecule has 0 aliphatic heterocycles. The maximum Gasteiger partial charge on any atom is 0.492 e. The van der Waals surface area contributed by atoms with Gasteiger partial charge in [-0.15, -0.1) is 0 Å². The van der Waals surface area contributed by atoms with Gasteiger partial charge in [0.1, 0.15) is 22.3 Å². The molecule has 0 radical (unpaired) electrons. The Labute approximate surface area is 130 Å². The smallest absolute Gasteiger partial charge is 0.456 e. The molecule has 5 rings (SSSR count). The lowest BCUT2D eigenvalue weighted by atomic mass is 9.78. The van der Waals surface area contributed by atoms with Crippen LogP contribution in [0.3, 0.4) is 0 Å². The van der Waals surface area contributed by atoms with Gasteiger partial charge in [-0.25, -0.2) is 0 Å². The number of hydrogen-bond donors (Lipinski definition) is 2. The molecule has 2 heterocycles. The topological polar surface area (TPSA) is 66.7 Å². The molecule has 5 heteroatoms. The van der Waals surface area contributed by atoms with Gasteiger partial charge in [-0.1, -0.05) is 36.4 Å². The Bertz CT molecular complexity index is 1200. The predicted octanol–water partition coefficient (Wildman–Crippen LogP) is 3.17. The molecular weight excluding hydrogens is 291 g/mol. The minimum Gasteiger partial charge on any atom is -0.456 e. The first-order valence-electron chi connectivity index (χ1n) is 7.35. The van der Waals surface area contributed by atoms with E-state index in [1.165, 1.54) is 0 Å². The van der Waals surface area contributed by atoms with Crippen LogP contribution in [-0.4, -0.2) is 17.2 Å². The van der Waals surface area contributed by atoms with E-state index in [0.717, 1.165) is 27.1 Å². The van der Waals surface area contributed by atoms with Gasteiger partial charge in [0, 0.05) is 27.0 Å². The number of para-hydroxylation sites is 2. The first-order valence-corrected chi connectivity index (χ1v) is 7.35. The second-order valence-corrected chi connectivity index (χ2v) is 5.61. The summed E-state index contributed by atoms with van der Waals surface area (Å²) in [5.41, 5.74) is 2.89. The van der Waals surface area contributed by atoms with Crippen molar-refractivity contribution < 1.29 is 18.9 Å². The van der Waals surface area contributed by atoms with E-state index >= 15 is 0 Å². The molecule has 110 valence electrons. The Morgan fingerprint density at radius 2 is 1.30 bits per heavy atom. The lowest BCUT2D eigenvalue weighted by Crippen LogP contribution is -2.30. The van der Waals surface area contributed by atoms with Crippen LogP contribution in [0.5, 0.6) is 0 Å². The third kappa shape index (κ3) is 1.63. The van der Waals surface area contributed by atoms with Crippen LogP contribution in [0.4, 0.5) is 0 Å². The number of benzene rings is 3. The number of hydrogen-bond acceptors (Lipinski definition) is 4. The molecule has 0 spiro atoms. The quantitative estimate of drug-likeness (QED) is 0.467. The molecule has 0 atom stereocenters. The fraction of sp³-hybridized carbons (Fsp3) is 0. The minimum absolute atomic E-state index is 0.308. The fourth-order valence-corrected chi connectivity index (χ4v) is 3.32. The monoisotopic (exact) mass is 302 g/mol. The predicted molar refractivity (Wildman–Crippen MR) is 90.8 cm³/mol. The highest BCUT2D eigenvalue weighted by molar-refractivity contribution is 6.62. The average Bonchev–Trinajstić information content (AvgIpc) is 3.11. The third-order valence-electron chi connectivity index (χ3n) is 4.30. The molecule has 0 aliphatic carbocycles. The second kappa shape index (κ2) is 4.38. The van der Waals surface area contributed by atoms with E-state index in [1.54, 1.807) is 6.07 Å². The van der Waals surface area contributed by atoms with Gasteiger partial charge >= 0.3 is 7.12 Å². The molecule has 0 bridgehead atoms. The van der Waals surface area contributed by atoms with Crippen molar-refractivity contribution in [3.63, 3.8) is 0 Å². The summed E-state index contributed by atoms with van der Waals surface area (Å²) in [4.78, 5) is 0. The Morgan fingerprint density at radius 3 is 2.00 bits per heavy atom. The summed E-state index contributed by atoms with van der Waals surface area (Å²) in [6.45, 7) is 0. The first kappa shape index (κ1) is 12.8. The molecule has 0 fully saturated rings. The number of fused-ring (bicyclic) bond motifs is 7. The van der Waals surface area contributed by atoms with Crippen molar-refractivity contribution >= 4 is 56.5 Å².